The lowest BCUT2D eigenvalue weighted by Gasteiger charge is -2.04. The van der Waals surface area contributed by atoms with Crippen LogP contribution in [0.15, 0.2) is 29.2 Å². The van der Waals surface area contributed by atoms with E-state index in [4.69, 9.17) is 0 Å². The standard InChI is InChI=1S/C12H14N4O3S/c1-3-10-14-11(16-15-10)12(17)13-8-5-4-6-9(7-8)20(2,18)19/h4-7H,3H2,1-2H3,(H,13,17)(H,14,15,16). The second-order valence-electron chi connectivity index (χ2n) is 4.21. The van der Waals surface area contributed by atoms with E-state index in [1.165, 1.54) is 12.1 Å². The second-order valence-corrected chi connectivity index (χ2v) is 6.23. The van der Waals surface area contributed by atoms with Crippen LogP contribution in [0, 0.1) is 0 Å². The smallest absolute Gasteiger partial charge is 0.295 e. The summed E-state index contributed by atoms with van der Waals surface area (Å²) in [7, 11) is -3.31. The van der Waals surface area contributed by atoms with Gasteiger partial charge in [-0.1, -0.05) is 13.0 Å². The number of amides is 1. The van der Waals surface area contributed by atoms with Crippen molar-refractivity contribution in [2.45, 2.75) is 18.2 Å². The van der Waals surface area contributed by atoms with Gasteiger partial charge in [-0.3, -0.25) is 9.89 Å². The van der Waals surface area contributed by atoms with Crippen LogP contribution in [0.25, 0.3) is 0 Å². The van der Waals surface area contributed by atoms with Crippen molar-refractivity contribution in [2.75, 3.05) is 11.6 Å². The molecule has 106 valence electrons. The number of H-pyrrole nitrogens is 1. The quantitative estimate of drug-likeness (QED) is 0.876. The zero-order valence-corrected chi connectivity index (χ0v) is 11.9. The summed E-state index contributed by atoms with van der Waals surface area (Å²) in [6.07, 6.45) is 1.75. The highest BCUT2D eigenvalue weighted by molar-refractivity contribution is 7.90. The minimum Gasteiger partial charge on any atom is -0.319 e. The van der Waals surface area contributed by atoms with Gasteiger partial charge in [0.05, 0.1) is 4.90 Å². The summed E-state index contributed by atoms with van der Waals surface area (Å²) < 4.78 is 22.9. The third-order valence-corrected chi connectivity index (χ3v) is 3.70. The maximum absolute atomic E-state index is 11.9. The maximum Gasteiger partial charge on any atom is 0.295 e. The van der Waals surface area contributed by atoms with Crippen LogP contribution >= 0.6 is 0 Å². The van der Waals surface area contributed by atoms with Crippen molar-refractivity contribution in [1.29, 1.82) is 0 Å². The Balaban J connectivity index is 2.20. The van der Waals surface area contributed by atoms with Gasteiger partial charge in [0.1, 0.15) is 5.82 Å². The molecule has 0 aliphatic rings. The predicted octanol–water partition coefficient (Wildman–Crippen LogP) is 1.02. The van der Waals surface area contributed by atoms with Crippen LogP contribution in [0.1, 0.15) is 23.4 Å². The van der Waals surface area contributed by atoms with Gasteiger partial charge in [-0.2, -0.15) is 0 Å². The second kappa shape index (κ2) is 5.41. The molecule has 0 saturated carbocycles. The van der Waals surface area contributed by atoms with Crippen molar-refractivity contribution in [3.63, 3.8) is 0 Å². The van der Waals surface area contributed by atoms with E-state index in [2.05, 4.69) is 20.5 Å². The van der Waals surface area contributed by atoms with E-state index in [1.54, 1.807) is 12.1 Å². The van der Waals surface area contributed by atoms with E-state index in [0.29, 0.717) is 17.9 Å². The molecule has 0 bridgehead atoms. The van der Waals surface area contributed by atoms with Crippen molar-refractivity contribution in [1.82, 2.24) is 15.2 Å². The van der Waals surface area contributed by atoms with Crippen molar-refractivity contribution in [3.8, 4) is 0 Å². The normalized spacial score (nSPS) is 11.3. The summed E-state index contributed by atoms with van der Waals surface area (Å²) in [6.45, 7) is 1.89. The number of hydrogen-bond donors (Lipinski definition) is 2. The summed E-state index contributed by atoms with van der Waals surface area (Å²) in [5, 5.41) is 8.99. The molecule has 7 nitrogen and oxygen atoms in total. The molecule has 2 rings (SSSR count). The first-order valence-corrected chi connectivity index (χ1v) is 7.82. The molecule has 0 radical (unpaired) electrons. The summed E-state index contributed by atoms with van der Waals surface area (Å²) in [4.78, 5) is 16.0. The van der Waals surface area contributed by atoms with Gasteiger partial charge in [0.15, 0.2) is 9.84 Å². The lowest BCUT2D eigenvalue weighted by molar-refractivity contribution is 0.101. The minimum atomic E-state index is -3.31. The molecule has 8 heteroatoms. The fourth-order valence-corrected chi connectivity index (χ4v) is 2.21. The maximum atomic E-state index is 11.9. The molecular formula is C12H14N4O3S. The van der Waals surface area contributed by atoms with Gasteiger partial charge in [0.2, 0.25) is 5.82 Å². The fraction of sp³-hybridized carbons (Fsp3) is 0.250. The summed E-state index contributed by atoms with van der Waals surface area (Å²) >= 11 is 0. The number of carbonyl (C=O) groups is 1. The Morgan fingerprint density at radius 1 is 1.40 bits per heavy atom. The number of aromatic nitrogens is 3. The third kappa shape index (κ3) is 3.21. The van der Waals surface area contributed by atoms with Crippen molar-refractivity contribution >= 4 is 21.4 Å². The number of aryl methyl sites for hydroxylation is 1. The number of nitrogens with zero attached hydrogens (tertiary/aromatic N) is 2. The molecule has 0 spiro atoms. The molecule has 1 amide bonds. The van der Waals surface area contributed by atoms with Crippen molar-refractivity contribution < 1.29 is 13.2 Å². The van der Waals surface area contributed by atoms with Crippen LogP contribution < -0.4 is 5.32 Å². The van der Waals surface area contributed by atoms with Gasteiger partial charge in [-0.25, -0.2) is 13.4 Å². The predicted molar refractivity (Wildman–Crippen MR) is 73.3 cm³/mol. The highest BCUT2D eigenvalue weighted by Gasteiger charge is 2.13. The first-order valence-electron chi connectivity index (χ1n) is 5.93. The summed E-state index contributed by atoms with van der Waals surface area (Å²) in [5.74, 6) is 0.137. The number of rotatable bonds is 4. The van der Waals surface area contributed by atoms with E-state index in [-0.39, 0.29) is 10.7 Å². The zero-order chi connectivity index (χ0) is 14.8. The number of anilines is 1. The Kier molecular flexibility index (Phi) is 3.84. The molecule has 2 N–H and O–H groups in total. The number of sulfone groups is 1. The minimum absolute atomic E-state index is 0.0200. The largest absolute Gasteiger partial charge is 0.319 e. The average Bonchev–Trinajstić information content (AvgIpc) is 2.87. The van der Waals surface area contributed by atoms with Gasteiger partial charge < -0.3 is 5.32 Å². The summed E-state index contributed by atoms with van der Waals surface area (Å²) in [5.41, 5.74) is 0.376. The SMILES string of the molecule is CCc1nc(C(=O)Nc2cccc(S(C)(=O)=O)c2)n[nH]1. The van der Waals surface area contributed by atoms with Crippen molar-refractivity contribution in [3.05, 3.63) is 35.9 Å². The third-order valence-electron chi connectivity index (χ3n) is 2.59. The van der Waals surface area contributed by atoms with Crippen LogP contribution in [0.5, 0.6) is 0 Å². The van der Waals surface area contributed by atoms with E-state index >= 15 is 0 Å². The molecule has 1 aromatic carbocycles. The Morgan fingerprint density at radius 2 is 2.15 bits per heavy atom. The topological polar surface area (TPSA) is 105 Å². The van der Waals surface area contributed by atoms with Crippen LogP contribution in [-0.2, 0) is 16.3 Å². The van der Waals surface area contributed by atoms with Gasteiger partial charge in [0, 0.05) is 18.4 Å². The molecule has 0 aliphatic carbocycles. The molecule has 0 atom stereocenters. The lowest BCUT2D eigenvalue weighted by Crippen LogP contribution is -2.14. The lowest BCUT2D eigenvalue weighted by atomic mass is 10.3. The Bertz CT molecular complexity index is 737. The first-order chi connectivity index (χ1) is 9.40. The van der Waals surface area contributed by atoms with E-state index in [1.807, 2.05) is 6.92 Å². The van der Waals surface area contributed by atoms with E-state index in [0.717, 1.165) is 6.26 Å². The molecule has 0 fully saturated rings. The molecular weight excluding hydrogens is 280 g/mol. The van der Waals surface area contributed by atoms with Gasteiger partial charge in [-0.05, 0) is 18.2 Å². The molecule has 20 heavy (non-hydrogen) atoms. The molecule has 1 aromatic heterocycles. The molecule has 0 aliphatic heterocycles. The molecule has 1 heterocycles. The van der Waals surface area contributed by atoms with Crippen LogP contribution in [-0.4, -0.2) is 35.8 Å². The monoisotopic (exact) mass is 294 g/mol. The van der Waals surface area contributed by atoms with Gasteiger partial charge in [0.25, 0.3) is 5.91 Å². The number of nitrogens with one attached hydrogen (secondary N) is 2. The van der Waals surface area contributed by atoms with Crippen molar-refractivity contribution in [2.24, 2.45) is 0 Å². The highest BCUT2D eigenvalue weighted by Crippen LogP contribution is 2.15. The fourth-order valence-electron chi connectivity index (χ4n) is 1.55. The number of aromatic amines is 1. The number of benzene rings is 1. The van der Waals surface area contributed by atoms with Crippen LogP contribution in [0.4, 0.5) is 5.69 Å². The zero-order valence-electron chi connectivity index (χ0n) is 11.0. The van der Waals surface area contributed by atoms with Crippen LogP contribution in [0.2, 0.25) is 0 Å². The van der Waals surface area contributed by atoms with E-state index in [9.17, 15) is 13.2 Å². The summed E-state index contributed by atoms with van der Waals surface area (Å²) in [6, 6.07) is 6.01. The number of hydrogen-bond acceptors (Lipinski definition) is 5. The highest BCUT2D eigenvalue weighted by atomic mass is 32.2. The Labute approximate surface area is 116 Å². The Hall–Kier alpha value is -2.22. The van der Waals surface area contributed by atoms with Gasteiger partial charge >= 0.3 is 0 Å². The molecule has 0 unspecified atom stereocenters. The van der Waals surface area contributed by atoms with Crippen LogP contribution in [0.3, 0.4) is 0 Å². The van der Waals surface area contributed by atoms with E-state index < -0.39 is 15.7 Å². The molecule has 2 aromatic rings. The average molecular weight is 294 g/mol. The first kappa shape index (κ1) is 14.2. The Morgan fingerprint density at radius 3 is 2.75 bits per heavy atom. The molecule has 0 saturated heterocycles. The number of carbonyl (C=O) groups excluding carboxylic acids is 1. The van der Waals surface area contributed by atoms with Gasteiger partial charge in [-0.15, -0.1) is 5.10 Å².